The van der Waals surface area contributed by atoms with Gasteiger partial charge in [0.1, 0.15) is 17.1 Å². The molecule has 4 aliphatic heterocycles. The highest BCUT2D eigenvalue weighted by Crippen LogP contribution is 2.59. The van der Waals surface area contributed by atoms with E-state index in [0.29, 0.717) is 11.4 Å². The molecule has 4 aliphatic rings. The van der Waals surface area contributed by atoms with Gasteiger partial charge >= 0.3 is 0 Å². The summed E-state index contributed by atoms with van der Waals surface area (Å²) in [6, 6.07) is 22.5. The third-order valence-electron chi connectivity index (χ3n) is 10.2. The lowest BCUT2D eigenvalue weighted by Crippen LogP contribution is -2.61. The van der Waals surface area contributed by atoms with E-state index in [1.165, 1.54) is 0 Å². The van der Waals surface area contributed by atoms with Crippen molar-refractivity contribution >= 4 is 51.6 Å². The maximum absolute atomic E-state index is 7.53. The number of anilines is 2. The van der Waals surface area contributed by atoms with Crippen molar-refractivity contribution in [2.24, 2.45) is 9.98 Å². The Kier molecular flexibility index (Phi) is 4.58. The van der Waals surface area contributed by atoms with E-state index in [1.54, 1.807) is 0 Å². The molecular weight excluding hydrogens is 522 g/mol. The molecule has 0 aromatic heterocycles. The van der Waals surface area contributed by atoms with E-state index >= 15 is 0 Å². The molecule has 4 heterocycles. The van der Waals surface area contributed by atoms with E-state index in [9.17, 15) is 0 Å². The number of fused-ring (bicyclic) bond motifs is 6. The summed E-state index contributed by atoms with van der Waals surface area (Å²) in [6.07, 6.45) is 3.90. The van der Waals surface area contributed by atoms with Crippen molar-refractivity contribution in [2.75, 3.05) is 23.9 Å². The van der Waals surface area contributed by atoms with Crippen molar-refractivity contribution in [2.45, 2.75) is 50.0 Å². The van der Waals surface area contributed by atoms with E-state index in [-0.39, 0.29) is 0 Å². The molecule has 0 radical (unpaired) electrons. The monoisotopic (exact) mass is 553 g/mol. The number of likely N-dealkylation sites (N-methyl/N-ethyl adjacent to an activating group) is 2. The maximum atomic E-state index is 7.53. The number of aliphatic imine (C=N–C) groups is 2. The van der Waals surface area contributed by atoms with Gasteiger partial charge in [-0.25, -0.2) is 4.85 Å². The number of ether oxygens (including phenoxy) is 2. The molecule has 0 N–H and O–H groups in total. The van der Waals surface area contributed by atoms with Crippen LogP contribution in [0.5, 0.6) is 11.5 Å². The van der Waals surface area contributed by atoms with Crippen LogP contribution in [0.15, 0.2) is 76.7 Å². The normalized spacial score (nSPS) is 25.1. The van der Waals surface area contributed by atoms with E-state index in [4.69, 9.17) is 26.0 Å². The van der Waals surface area contributed by atoms with Gasteiger partial charge in [-0.3, -0.25) is 9.98 Å². The quantitative estimate of drug-likeness (QED) is 0.208. The molecule has 0 fully saturated rings. The number of hydrogen-bond acceptors (Lipinski definition) is 6. The molecule has 8 rings (SSSR count). The molecule has 2 unspecified atom stereocenters. The first-order chi connectivity index (χ1) is 20.0. The maximum Gasteiger partial charge on any atom is 0.228 e. The molecule has 0 amide bonds. The summed E-state index contributed by atoms with van der Waals surface area (Å²) in [5.74, 6) is 1.49. The Balaban J connectivity index is 1.22. The van der Waals surface area contributed by atoms with E-state index in [1.807, 2.05) is 55.9 Å². The third kappa shape index (κ3) is 2.75. The minimum absolute atomic E-state index is 0.445. The highest BCUT2D eigenvalue weighted by Gasteiger charge is 2.61. The molecule has 4 aromatic rings. The molecule has 0 saturated carbocycles. The molecule has 0 aliphatic carbocycles. The van der Waals surface area contributed by atoms with Gasteiger partial charge in [-0.2, -0.15) is 0 Å². The molecule has 0 saturated heterocycles. The zero-order chi connectivity index (χ0) is 29.2. The van der Waals surface area contributed by atoms with Crippen LogP contribution in [0.4, 0.5) is 28.4 Å². The van der Waals surface area contributed by atoms with Gasteiger partial charge in [0.05, 0.1) is 29.8 Å². The SMILES string of the molecule is [C-]#[N+]c1ccc2c(c1)C(C)(C)C1(C=Nc3cc4c(cc3O1)N(C)C1(C=Nc3c(ccc5ccccc35)O1)C4(C)C)N2C. The molecule has 7 heteroatoms. The summed E-state index contributed by atoms with van der Waals surface area (Å²) in [7, 11) is 4.10. The number of nitrogens with zero attached hydrogens (tertiary/aromatic N) is 5. The fraction of sp³-hybridized carbons (Fsp3) is 0.286. The largest absolute Gasteiger partial charge is 0.459 e. The molecule has 7 nitrogen and oxygen atoms in total. The number of hydrogen-bond donors (Lipinski definition) is 0. The van der Waals surface area contributed by atoms with Gasteiger partial charge in [0.25, 0.3) is 0 Å². The fourth-order valence-corrected chi connectivity index (χ4v) is 7.52. The fourth-order valence-electron chi connectivity index (χ4n) is 7.52. The van der Waals surface area contributed by atoms with Crippen molar-refractivity contribution in [3.8, 4) is 11.5 Å². The summed E-state index contributed by atoms with van der Waals surface area (Å²) in [5.41, 5.74) is 3.96. The summed E-state index contributed by atoms with van der Waals surface area (Å²) in [6.45, 7) is 16.2. The average Bonchev–Trinajstić information content (AvgIpc) is 3.25. The van der Waals surface area contributed by atoms with Gasteiger partial charge in [0, 0.05) is 36.9 Å². The minimum Gasteiger partial charge on any atom is -0.459 e. The van der Waals surface area contributed by atoms with Crippen molar-refractivity contribution in [3.05, 3.63) is 89.3 Å². The van der Waals surface area contributed by atoms with Crippen LogP contribution in [0.3, 0.4) is 0 Å². The van der Waals surface area contributed by atoms with Gasteiger partial charge in [0.15, 0.2) is 11.4 Å². The molecule has 4 aromatic carbocycles. The van der Waals surface area contributed by atoms with Crippen LogP contribution in [-0.4, -0.2) is 38.0 Å². The lowest BCUT2D eigenvalue weighted by atomic mass is 9.76. The lowest BCUT2D eigenvalue weighted by Gasteiger charge is -2.45. The highest BCUT2D eigenvalue weighted by molar-refractivity contribution is 6.00. The Morgan fingerprint density at radius 1 is 0.714 bits per heavy atom. The minimum atomic E-state index is -0.843. The Morgan fingerprint density at radius 2 is 1.38 bits per heavy atom. The van der Waals surface area contributed by atoms with Crippen LogP contribution < -0.4 is 19.3 Å². The van der Waals surface area contributed by atoms with Gasteiger partial charge in [-0.15, -0.1) is 0 Å². The van der Waals surface area contributed by atoms with Crippen LogP contribution >= 0.6 is 0 Å². The lowest BCUT2D eigenvalue weighted by molar-refractivity contribution is 0.0823. The topological polar surface area (TPSA) is 54.0 Å². The molecule has 2 spiro atoms. The summed E-state index contributed by atoms with van der Waals surface area (Å²) in [4.78, 5) is 18.0. The van der Waals surface area contributed by atoms with E-state index in [2.05, 4.69) is 79.7 Å². The Labute approximate surface area is 245 Å². The van der Waals surface area contributed by atoms with Crippen molar-refractivity contribution in [1.82, 2.24) is 0 Å². The van der Waals surface area contributed by atoms with Crippen molar-refractivity contribution in [1.29, 1.82) is 0 Å². The summed E-state index contributed by atoms with van der Waals surface area (Å²) < 4.78 is 13.9. The van der Waals surface area contributed by atoms with Crippen LogP contribution in [0, 0.1) is 6.57 Å². The summed E-state index contributed by atoms with van der Waals surface area (Å²) in [5, 5.41) is 2.22. The predicted octanol–water partition coefficient (Wildman–Crippen LogP) is 7.83. The van der Waals surface area contributed by atoms with Crippen LogP contribution in [-0.2, 0) is 10.8 Å². The molecule has 2 atom stereocenters. The second kappa shape index (κ2) is 7.71. The van der Waals surface area contributed by atoms with Crippen molar-refractivity contribution < 1.29 is 9.47 Å². The Hall–Kier alpha value is -4.83. The second-order valence-electron chi connectivity index (χ2n) is 12.8. The summed E-state index contributed by atoms with van der Waals surface area (Å²) >= 11 is 0. The van der Waals surface area contributed by atoms with Crippen LogP contribution in [0.2, 0.25) is 0 Å². The van der Waals surface area contributed by atoms with Gasteiger partial charge in [-0.05, 0) is 62.4 Å². The first-order valence-corrected chi connectivity index (χ1v) is 14.2. The zero-order valence-corrected chi connectivity index (χ0v) is 24.6. The standard InChI is InChI=1S/C35H31N5O2/c1-32(2)24-16-22(36-5)13-14-27(24)39(6)34(32)19-37-26-17-25-28(18-30(26)42-34)40(7)35(33(25,3)4)20-38-31-23-11-9-8-10-21(23)12-15-29(31)41-35/h8-20H,1-4,6-7H3. The predicted molar refractivity (Wildman–Crippen MR) is 169 cm³/mol. The van der Waals surface area contributed by atoms with Gasteiger partial charge in [0.2, 0.25) is 11.4 Å². The zero-order valence-electron chi connectivity index (χ0n) is 24.6. The number of benzene rings is 4. The van der Waals surface area contributed by atoms with Gasteiger partial charge in [-0.1, -0.05) is 42.5 Å². The van der Waals surface area contributed by atoms with E-state index < -0.39 is 22.3 Å². The van der Waals surface area contributed by atoms with E-state index in [0.717, 1.165) is 50.4 Å². The second-order valence-corrected chi connectivity index (χ2v) is 12.8. The van der Waals surface area contributed by atoms with Crippen LogP contribution in [0.25, 0.3) is 15.6 Å². The smallest absolute Gasteiger partial charge is 0.228 e. The number of rotatable bonds is 0. The van der Waals surface area contributed by atoms with Crippen molar-refractivity contribution in [3.63, 3.8) is 0 Å². The Bertz CT molecular complexity index is 1970. The highest BCUT2D eigenvalue weighted by atomic mass is 16.5. The molecule has 208 valence electrons. The average molecular weight is 554 g/mol. The first kappa shape index (κ1) is 24.9. The third-order valence-corrected chi connectivity index (χ3v) is 10.2. The molecule has 0 bridgehead atoms. The Morgan fingerprint density at radius 3 is 2.14 bits per heavy atom. The first-order valence-electron chi connectivity index (χ1n) is 14.2. The molecule has 42 heavy (non-hydrogen) atoms. The molecular formula is C35H31N5O2. The van der Waals surface area contributed by atoms with Crippen LogP contribution in [0.1, 0.15) is 38.8 Å². The van der Waals surface area contributed by atoms with Gasteiger partial charge < -0.3 is 19.3 Å².